The van der Waals surface area contributed by atoms with Gasteiger partial charge in [0.25, 0.3) is 0 Å². The van der Waals surface area contributed by atoms with E-state index in [2.05, 4.69) is 0 Å². The molecule has 0 heterocycles. The second-order valence-corrected chi connectivity index (χ2v) is 3.90. The van der Waals surface area contributed by atoms with Gasteiger partial charge in [-0.25, -0.2) is 0 Å². The van der Waals surface area contributed by atoms with Crippen molar-refractivity contribution in [2.24, 2.45) is 11.8 Å². The number of rotatable bonds is 4. The second kappa shape index (κ2) is 4.95. The van der Waals surface area contributed by atoms with Crippen molar-refractivity contribution in [1.82, 2.24) is 0 Å². The Bertz CT molecular complexity index is 234. The van der Waals surface area contributed by atoms with Crippen molar-refractivity contribution >= 4 is 11.6 Å². The van der Waals surface area contributed by atoms with Gasteiger partial charge in [-0.1, -0.05) is 27.7 Å². The van der Waals surface area contributed by atoms with Gasteiger partial charge in [-0.15, -0.1) is 0 Å². The molecule has 0 amide bonds. The molecule has 0 spiro atoms. The Morgan fingerprint density at radius 2 is 1.46 bits per heavy atom. The highest BCUT2D eigenvalue weighted by Gasteiger charge is 2.11. The maximum Gasteiger partial charge on any atom is 0.161 e. The van der Waals surface area contributed by atoms with Gasteiger partial charge in [0, 0.05) is 11.8 Å². The molecule has 74 valence electrons. The van der Waals surface area contributed by atoms with Crippen molar-refractivity contribution in [2.75, 3.05) is 0 Å². The number of hydrogen-bond acceptors (Lipinski definition) is 2. The van der Waals surface area contributed by atoms with Crippen LogP contribution in [-0.2, 0) is 9.59 Å². The zero-order valence-electron chi connectivity index (χ0n) is 9.05. The van der Waals surface area contributed by atoms with Crippen LogP contribution in [0.4, 0.5) is 0 Å². The topological polar surface area (TPSA) is 34.1 Å². The van der Waals surface area contributed by atoms with E-state index in [4.69, 9.17) is 0 Å². The van der Waals surface area contributed by atoms with Crippen LogP contribution in [-0.4, -0.2) is 11.6 Å². The number of ketones is 2. The fourth-order valence-electron chi connectivity index (χ4n) is 0.907. The van der Waals surface area contributed by atoms with Crippen LogP contribution in [0, 0.1) is 11.8 Å². The Kier molecular flexibility index (Phi) is 4.60. The van der Waals surface area contributed by atoms with Crippen LogP contribution in [0.3, 0.4) is 0 Å². The largest absolute Gasteiger partial charge is 0.295 e. The molecule has 0 radical (unpaired) electrons. The SMILES string of the molecule is C/C(=C/C(=O)C(C)C)C(=O)C(C)C. The van der Waals surface area contributed by atoms with E-state index in [9.17, 15) is 9.59 Å². The van der Waals surface area contributed by atoms with Crippen molar-refractivity contribution in [2.45, 2.75) is 34.6 Å². The Morgan fingerprint density at radius 1 is 1.00 bits per heavy atom. The third-order valence-corrected chi connectivity index (χ3v) is 1.84. The van der Waals surface area contributed by atoms with Gasteiger partial charge in [0.05, 0.1) is 0 Å². The van der Waals surface area contributed by atoms with Crippen LogP contribution >= 0.6 is 0 Å². The third kappa shape index (κ3) is 4.02. The number of carbonyl (C=O) groups is 2. The molecule has 0 aromatic rings. The van der Waals surface area contributed by atoms with Crippen LogP contribution < -0.4 is 0 Å². The van der Waals surface area contributed by atoms with Crippen molar-refractivity contribution in [3.05, 3.63) is 11.6 Å². The first kappa shape index (κ1) is 12.1. The first-order chi connectivity index (χ1) is 5.86. The summed E-state index contributed by atoms with van der Waals surface area (Å²) in [5.41, 5.74) is 0.564. The minimum Gasteiger partial charge on any atom is -0.295 e. The maximum atomic E-state index is 11.4. The summed E-state index contributed by atoms with van der Waals surface area (Å²) in [7, 11) is 0. The predicted molar refractivity (Wildman–Crippen MR) is 53.4 cm³/mol. The van der Waals surface area contributed by atoms with Crippen LogP contribution in [0.5, 0.6) is 0 Å². The van der Waals surface area contributed by atoms with E-state index >= 15 is 0 Å². The van der Waals surface area contributed by atoms with E-state index in [1.54, 1.807) is 6.92 Å². The summed E-state index contributed by atoms with van der Waals surface area (Å²) in [6, 6.07) is 0. The lowest BCUT2D eigenvalue weighted by Crippen LogP contribution is -2.11. The highest BCUT2D eigenvalue weighted by Crippen LogP contribution is 2.07. The molecule has 0 saturated heterocycles. The molecular weight excluding hydrogens is 164 g/mol. The zero-order valence-corrected chi connectivity index (χ0v) is 9.05. The van der Waals surface area contributed by atoms with Crippen LogP contribution in [0.25, 0.3) is 0 Å². The fourth-order valence-corrected chi connectivity index (χ4v) is 0.907. The molecule has 0 aliphatic carbocycles. The smallest absolute Gasteiger partial charge is 0.161 e. The Labute approximate surface area is 80.0 Å². The van der Waals surface area contributed by atoms with Gasteiger partial charge < -0.3 is 0 Å². The number of Topliss-reactive ketones (excluding diaryl/α,β-unsaturated/α-hetero) is 1. The first-order valence-corrected chi connectivity index (χ1v) is 4.62. The highest BCUT2D eigenvalue weighted by atomic mass is 16.1. The molecule has 0 bridgehead atoms. The minimum absolute atomic E-state index is 0.0199. The molecule has 0 aliphatic rings. The Morgan fingerprint density at radius 3 is 1.77 bits per heavy atom. The summed E-state index contributed by atoms with van der Waals surface area (Å²) in [5.74, 6) is 0.00613. The monoisotopic (exact) mass is 182 g/mol. The van der Waals surface area contributed by atoms with Gasteiger partial charge in [0.1, 0.15) is 0 Å². The summed E-state index contributed by atoms with van der Waals surface area (Å²) < 4.78 is 0. The minimum atomic E-state index is -0.0325. The molecule has 2 heteroatoms. The zero-order chi connectivity index (χ0) is 10.6. The molecule has 13 heavy (non-hydrogen) atoms. The summed E-state index contributed by atoms with van der Waals surface area (Å²) >= 11 is 0. The summed E-state index contributed by atoms with van der Waals surface area (Å²) in [6.07, 6.45) is 1.45. The summed E-state index contributed by atoms with van der Waals surface area (Å²) in [5, 5.41) is 0. The van der Waals surface area contributed by atoms with Gasteiger partial charge in [0.15, 0.2) is 11.6 Å². The van der Waals surface area contributed by atoms with Gasteiger partial charge in [-0.05, 0) is 18.6 Å². The van der Waals surface area contributed by atoms with Crippen molar-refractivity contribution in [3.63, 3.8) is 0 Å². The van der Waals surface area contributed by atoms with E-state index < -0.39 is 0 Å². The lowest BCUT2D eigenvalue weighted by Gasteiger charge is -2.04. The van der Waals surface area contributed by atoms with E-state index in [-0.39, 0.29) is 23.4 Å². The molecule has 0 aromatic heterocycles. The first-order valence-electron chi connectivity index (χ1n) is 4.62. The van der Waals surface area contributed by atoms with Gasteiger partial charge in [0.2, 0.25) is 0 Å². The van der Waals surface area contributed by atoms with Crippen molar-refractivity contribution < 1.29 is 9.59 Å². The third-order valence-electron chi connectivity index (χ3n) is 1.84. The maximum absolute atomic E-state index is 11.4. The van der Waals surface area contributed by atoms with E-state index in [0.717, 1.165) is 0 Å². The molecule has 0 saturated carbocycles. The molecule has 0 atom stereocenters. The standard InChI is InChI=1S/C11H18O2/c1-7(2)10(12)6-9(5)11(13)8(3)4/h6-8H,1-5H3/b9-6-. The lowest BCUT2D eigenvalue weighted by atomic mass is 9.99. The molecule has 0 unspecified atom stereocenters. The van der Waals surface area contributed by atoms with E-state index in [1.165, 1.54) is 6.08 Å². The Balaban J connectivity index is 4.50. The summed E-state index contributed by atoms with van der Waals surface area (Å²) in [4.78, 5) is 22.6. The van der Waals surface area contributed by atoms with Gasteiger partial charge in [-0.3, -0.25) is 9.59 Å². The lowest BCUT2D eigenvalue weighted by molar-refractivity contribution is -0.120. The van der Waals surface area contributed by atoms with Crippen LogP contribution in [0.15, 0.2) is 11.6 Å². The average molecular weight is 182 g/mol. The molecule has 0 fully saturated rings. The number of carbonyl (C=O) groups excluding carboxylic acids is 2. The Hall–Kier alpha value is -0.920. The number of allylic oxidation sites excluding steroid dienone is 2. The number of hydrogen-bond donors (Lipinski definition) is 0. The quantitative estimate of drug-likeness (QED) is 0.625. The van der Waals surface area contributed by atoms with Gasteiger partial charge >= 0.3 is 0 Å². The average Bonchev–Trinajstić information content (AvgIpc) is 2.02. The fraction of sp³-hybridized carbons (Fsp3) is 0.636. The molecule has 2 nitrogen and oxygen atoms in total. The molecule has 0 aliphatic heterocycles. The predicted octanol–water partition coefficient (Wildman–Crippen LogP) is 2.38. The molecule has 0 aromatic carbocycles. The molecular formula is C11H18O2. The van der Waals surface area contributed by atoms with E-state index in [1.807, 2.05) is 27.7 Å². The van der Waals surface area contributed by atoms with Crippen molar-refractivity contribution in [3.8, 4) is 0 Å². The molecule has 0 N–H and O–H groups in total. The van der Waals surface area contributed by atoms with Crippen LogP contribution in [0.2, 0.25) is 0 Å². The normalized spacial score (nSPS) is 12.4. The van der Waals surface area contributed by atoms with Crippen molar-refractivity contribution in [1.29, 1.82) is 0 Å². The second-order valence-electron chi connectivity index (χ2n) is 3.90. The summed E-state index contributed by atoms with van der Waals surface area (Å²) in [6.45, 7) is 9.01. The molecule has 0 rings (SSSR count). The van der Waals surface area contributed by atoms with Crippen LogP contribution in [0.1, 0.15) is 34.6 Å². The van der Waals surface area contributed by atoms with Gasteiger partial charge in [-0.2, -0.15) is 0 Å². The highest BCUT2D eigenvalue weighted by molar-refractivity contribution is 6.03. The van der Waals surface area contributed by atoms with E-state index in [0.29, 0.717) is 5.57 Å².